The Bertz CT molecular complexity index is 700. The van der Waals surface area contributed by atoms with Crippen molar-refractivity contribution in [3.8, 4) is 11.5 Å². The van der Waals surface area contributed by atoms with Crippen LogP contribution in [0.5, 0.6) is 11.5 Å². The maximum absolute atomic E-state index is 12.2. The lowest BCUT2D eigenvalue weighted by atomic mass is 9.88. The van der Waals surface area contributed by atoms with Crippen LogP contribution in [0.2, 0.25) is 0 Å². The van der Waals surface area contributed by atoms with Gasteiger partial charge in [0.1, 0.15) is 17.5 Å². The normalized spacial score (nSPS) is 20.1. The third-order valence-corrected chi connectivity index (χ3v) is 4.00. The van der Waals surface area contributed by atoms with E-state index in [0.717, 1.165) is 22.7 Å². The van der Waals surface area contributed by atoms with Crippen LogP contribution in [-0.4, -0.2) is 25.7 Å². The van der Waals surface area contributed by atoms with Crippen LogP contribution in [-0.2, 0) is 4.79 Å². The number of hydrogen-bond acceptors (Lipinski definition) is 4. The molecule has 1 saturated heterocycles. The van der Waals surface area contributed by atoms with Crippen molar-refractivity contribution in [3.63, 3.8) is 0 Å². The van der Waals surface area contributed by atoms with Crippen LogP contribution in [0, 0.1) is 0 Å². The second-order valence-corrected chi connectivity index (χ2v) is 5.38. The topological polar surface area (TPSA) is 64.8 Å². The van der Waals surface area contributed by atoms with Gasteiger partial charge in [-0.05, 0) is 48.9 Å². The molecule has 2 aromatic rings. The van der Waals surface area contributed by atoms with Crippen molar-refractivity contribution in [2.24, 2.45) is 5.73 Å². The molecule has 120 valence electrons. The quantitative estimate of drug-likeness (QED) is 0.862. The predicted octanol–water partition coefficient (Wildman–Crippen LogP) is 2.51. The predicted molar refractivity (Wildman–Crippen MR) is 88.8 cm³/mol. The molecule has 1 fully saturated rings. The average Bonchev–Trinajstić information content (AvgIpc) is 2.60. The Balaban J connectivity index is 1.89. The third kappa shape index (κ3) is 2.75. The van der Waals surface area contributed by atoms with Gasteiger partial charge in [0.25, 0.3) is 0 Å². The number of β-lactam (4-membered cyclic amide) rings is 1. The Hall–Kier alpha value is -2.53. The molecule has 23 heavy (non-hydrogen) atoms. The van der Waals surface area contributed by atoms with Crippen LogP contribution < -0.4 is 20.1 Å². The van der Waals surface area contributed by atoms with Gasteiger partial charge in [0, 0.05) is 5.69 Å². The van der Waals surface area contributed by atoms with E-state index in [0.29, 0.717) is 6.61 Å². The monoisotopic (exact) mass is 312 g/mol. The molecule has 2 N–H and O–H groups in total. The van der Waals surface area contributed by atoms with E-state index >= 15 is 0 Å². The zero-order valence-electron chi connectivity index (χ0n) is 13.2. The molecule has 1 heterocycles. The summed E-state index contributed by atoms with van der Waals surface area (Å²) >= 11 is 0. The van der Waals surface area contributed by atoms with Gasteiger partial charge in [0.2, 0.25) is 5.91 Å². The largest absolute Gasteiger partial charge is 0.497 e. The molecule has 1 aliphatic rings. The molecular weight excluding hydrogens is 292 g/mol. The number of ether oxygens (including phenoxy) is 2. The first kappa shape index (κ1) is 15.4. The fraction of sp³-hybridized carbons (Fsp3) is 0.278. The van der Waals surface area contributed by atoms with Gasteiger partial charge in [-0.25, -0.2) is 0 Å². The summed E-state index contributed by atoms with van der Waals surface area (Å²) in [4.78, 5) is 14.0. The molecule has 0 spiro atoms. The maximum Gasteiger partial charge on any atom is 0.247 e. The third-order valence-electron chi connectivity index (χ3n) is 4.00. The number of benzene rings is 2. The van der Waals surface area contributed by atoms with Crippen molar-refractivity contribution < 1.29 is 14.3 Å². The molecule has 0 saturated carbocycles. The summed E-state index contributed by atoms with van der Waals surface area (Å²) in [5.41, 5.74) is 7.81. The standard InChI is InChI=1S/C18H20N2O3/c1-3-23-14-9-7-13(8-10-14)20-17(16(19)18(20)21)12-5-4-6-15(11-12)22-2/h4-11,16-17H,3,19H2,1-2H3/t16-,17+/m0/s1. The lowest BCUT2D eigenvalue weighted by molar-refractivity contribution is -0.126. The minimum Gasteiger partial charge on any atom is -0.497 e. The Morgan fingerprint density at radius 3 is 2.52 bits per heavy atom. The molecule has 0 aromatic heterocycles. The smallest absolute Gasteiger partial charge is 0.247 e. The van der Waals surface area contributed by atoms with Gasteiger partial charge in [0.15, 0.2) is 0 Å². The van der Waals surface area contributed by atoms with Crippen LogP contribution in [0.4, 0.5) is 5.69 Å². The molecule has 0 aliphatic carbocycles. The van der Waals surface area contributed by atoms with Crippen LogP contribution in [0.25, 0.3) is 0 Å². The van der Waals surface area contributed by atoms with Gasteiger partial charge in [-0.3, -0.25) is 4.79 Å². The number of methoxy groups -OCH3 is 1. The number of rotatable bonds is 5. The number of carbonyl (C=O) groups excluding carboxylic acids is 1. The summed E-state index contributed by atoms with van der Waals surface area (Å²) in [6.07, 6.45) is 0. The fourth-order valence-electron chi connectivity index (χ4n) is 2.85. The highest BCUT2D eigenvalue weighted by Gasteiger charge is 2.46. The van der Waals surface area contributed by atoms with E-state index < -0.39 is 6.04 Å². The fourth-order valence-corrected chi connectivity index (χ4v) is 2.85. The zero-order chi connectivity index (χ0) is 16.4. The van der Waals surface area contributed by atoms with E-state index in [2.05, 4.69) is 0 Å². The summed E-state index contributed by atoms with van der Waals surface area (Å²) in [6.45, 7) is 2.55. The molecule has 1 aliphatic heterocycles. The lowest BCUT2D eigenvalue weighted by Gasteiger charge is -2.45. The molecule has 5 heteroatoms. The molecule has 5 nitrogen and oxygen atoms in total. The zero-order valence-corrected chi connectivity index (χ0v) is 13.2. The Kier molecular flexibility index (Phi) is 4.21. The van der Waals surface area contributed by atoms with Gasteiger partial charge < -0.3 is 20.1 Å². The Morgan fingerprint density at radius 2 is 1.87 bits per heavy atom. The molecule has 2 atom stereocenters. The minimum atomic E-state index is -0.534. The number of anilines is 1. The molecule has 0 bridgehead atoms. The van der Waals surface area contributed by atoms with Crippen molar-refractivity contribution >= 4 is 11.6 Å². The van der Waals surface area contributed by atoms with Gasteiger partial charge in [-0.15, -0.1) is 0 Å². The van der Waals surface area contributed by atoms with Gasteiger partial charge in [-0.1, -0.05) is 12.1 Å². The number of nitrogens with zero attached hydrogens (tertiary/aromatic N) is 1. The Morgan fingerprint density at radius 1 is 1.13 bits per heavy atom. The molecule has 0 radical (unpaired) electrons. The van der Waals surface area contributed by atoms with E-state index in [9.17, 15) is 4.79 Å². The van der Waals surface area contributed by atoms with Crippen LogP contribution in [0.3, 0.4) is 0 Å². The highest BCUT2D eigenvalue weighted by Crippen LogP contribution is 2.39. The summed E-state index contributed by atoms with van der Waals surface area (Å²) in [7, 11) is 1.62. The Labute approximate surface area is 135 Å². The van der Waals surface area contributed by atoms with E-state index in [-0.39, 0.29) is 11.9 Å². The van der Waals surface area contributed by atoms with Crippen molar-refractivity contribution in [1.82, 2.24) is 0 Å². The molecular formula is C18H20N2O3. The highest BCUT2D eigenvalue weighted by atomic mass is 16.5. The van der Waals surface area contributed by atoms with Gasteiger partial charge >= 0.3 is 0 Å². The van der Waals surface area contributed by atoms with Gasteiger partial charge in [-0.2, -0.15) is 0 Å². The van der Waals surface area contributed by atoms with Crippen molar-refractivity contribution in [1.29, 1.82) is 0 Å². The summed E-state index contributed by atoms with van der Waals surface area (Å²) < 4.78 is 10.7. The van der Waals surface area contributed by atoms with E-state index in [1.54, 1.807) is 12.0 Å². The SMILES string of the molecule is CCOc1ccc(N2C(=O)[C@@H](N)[C@H]2c2cccc(OC)c2)cc1. The van der Waals surface area contributed by atoms with Crippen LogP contribution >= 0.6 is 0 Å². The molecule has 0 unspecified atom stereocenters. The first-order valence-corrected chi connectivity index (χ1v) is 7.61. The number of hydrogen-bond donors (Lipinski definition) is 1. The van der Waals surface area contributed by atoms with Gasteiger partial charge in [0.05, 0.1) is 19.8 Å². The molecule has 2 aromatic carbocycles. The van der Waals surface area contributed by atoms with E-state index in [1.807, 2.05) is 55.5 Å². The molecule has 3 rings (SSSR count). The minimum absolute atomic E-state index is 0.0815. The summed E-state index contributed by atoms with van der Waals surface area (Å²) in [6, 6.07) is 14.4. The maximum atomic E-state index is 12.2. The first-order valence-electron chi connectivity index (χ1n) is 7.61. The summed E-state index contributed by atoms with van der Waals surface area (Å²) in [5.74, 6) is 1.45. The first-order chi connectivity index (χ1) is 11.2. The van der Waals surface area contributed by atoms with Crippen LogP contribution in [0.15, 0.2) is 48.5 Å². The second-order valence-electron chi connectivity index (χ2n) is 5.38. The highest BCUT2D eigenvalue weighted by molar-refractivity contribution is 6.05. The van der Waals surface area contributed by atoms with Crippen molar-refractivity contribution in [2.75, 3.05) is 18.6 Å². The van der Waals surface area contributed by atoms with E-state index in [4.69, 9.17) is 15.2 Å². The van der Waals surface area contributed by atoms with Crippen molar-refractivity contribution in [2.45, 2.75) is 19.0 Å². The number of nitrogens with two attached hydrogens (primary N) is 1. The second kappa shape index (κ2) is 6.30. The van der Waals surface area contributed by atoms with Crippen LogP contribution in [0.1, 0.15) is 18.5 Å². The number of carbonyl (C=O) groups is 1. The molecule has 1 amide bonds. The van der Waals surface area contributed by atoms with Crippen molar-refractivity contribution in [3.05, 3.63) is 54.1 Å². The number of amides is 1. The lowest BCUT2D eigenvalue weighted by Crippen LogP contribution is -2.63. The summed E-state index contributed by atoms with van der Waals surface area (Å²) in [5, 5.41) is 0. The van der Waals surface area contributed by atoms with E-state index in [1.165, 1.54) is 0 Å². The average molecular weight is 312 g/mol.